The number of nitrogens with zero attached hydrogens (tertiary/aromatic N) is 2. The molecule has 1 aliphatic heterocycles. The van der Waals surface area contributed by atoms with Crippen molar-refractivity contribution < 1.29 is 23.9 Å². The topological polar surface area (TPSA) is 88.2 Å². The highest BCUT2D eigenvalue weighted by molar-refractivity contribution is 5.98. The van der Waals surface area contributed by atoms with E-state index in [-0.39, 0.29) is 42.8 Å². The summed E-state index contributed by atoms with van der Waals surface area (Å²) in [6, 6.07) is 15.3. The second-order valence-electron chi connectivity index (χ2n) is 9.74. The summed E-state index contributed by atoms with van der Waals surface area (Å²) in [4.78, 5) is 42.3. The van der Waals surface area contributed by atoms with Crippen LogP contribution in [-0.2, 0) is 22.6 Å². The summed E-state index contributed by atoms with van der Waals surface area (Å²) in [5, 5.41) is 2.93. The van der Waals surface area contributed by atoms with Crippen molar-refractivity contribution in [2.75, 3.05) is 27.3 Å². The Bertz CT molecular complexity index is 1090. The van der Waals surface area contributed by atoms with Crippen molar-refractivity contribution >= 4 is 17.8 Å². The third-order valence-corrected chi connectivity index (χ3v) is 7.35. The number of fused-ring (bicyclic) bond motifs is 1. The number of urea groups is 1. The van der Waals surface area contributed by atoms with Gasteiger partial charge in [-0.2, -0.15) is 0 Å². The Balaban J connectivity index is 1.28. The van der Waals surface area contributed by atoms with E-state index >= 15 is 0 Å². The van der Waals surface area contributed by atoms with Gasteiger partial charge in [-0.25, -0.2) is 4.79 Å². The van der Waals surface area contributed by atoms with Gasteiger partial charge in [0.25, 0.3) is 0 Å². The van der Waals surface area contributed by atoms with Gasteiger partial charge in [0.1, 0.15) is 0 Å². The summed E-state index contributed by atoms with van der Waals surface area (Å²) in [6.45, 7) is 1.25. The van der Waals surface area contributed by atoms with Gasteiger partial charge in [-0.3, -0.25) is 14.5 Å². The molecule has 37 heavy (non-hydrogen) atoms. The van der Waals surface area contributed by atoms with Crippen molar-refractivity contribution in [3.8, 4) is 11.5 Å². The quantitative estimate of drug-likeness (QED) is 0.493. The zero-order valence-corrected chi connectivity index (χ0v) is 21.8. The Kier molecular flexibility index (Phi) is 9.04. The van der Waals surface area contributed by atoms with Crippen molar-refractivity contribution in [1.29, 1.82) is 0 Å². The van der Waals surface area contributed by atoms with Crippen LogP contribution in [0.3, 0.4) is 0 Å². The molecule has 8 heteroatoms. The van der Waals surface area contributed by atoms with Gasteiger partial charge in [-0.05, 0) is 48.9 Å². The molecule has 1 saturated carbocycles. The first-order valence-corrected chi connectivity index (χ1v) is 13.2. The second kappa shape index (κ2) is 12.6. The minimum absolute atomic E-state index is 0.0370. The molecule has 1 aliphatic carbocycles. The van der Waals surface area contributed by atoms with Gasteiger partial charge in [0.15, 0.2) is 11.5 Å². The highest BCUT2D eigenvalue weighted by Crippen LogP contribution is 2.35. The molecule has 198 valence electrons. The van der Waals surface area contributed by atoms with E-state index in [2.05, 4.69) is 5.32 Å². The van der Waals surface area contributed by atoms with Gasteiger partial charge in [0, 0.05) is 32.1 Å². The average molecular weight is 508 g/mol. The molecule has 2 unspecified atom stereocenters. The Morgan fingerprint density at radius 3 is 2.49 bits per heavy atom. The predicted octanol–water partition coefficient (Wildman–Crippen LogP) is 4.17. The van der Waals surface area contributed by atoms with Gasteiger partial charge in [0.05, 0.1) is 20.1 Å². The van der Waals surface area contributed by atoms with E-state index in [1.807, 2.05) is 53.4 Å². The van der Waals surface area contributed by atoms with Crippen LogP contribution in [0.15, 0.2) is 48.5 Å². The summed E-state index contributed by atoms with van der Waals surface area (Å²) in [5.74, 6) is 1.01. The van der Waals surface area contributed by atoms with Crippen LogP contribution in [0.1, 0.15) is 49.7 Å². The Hall–Kier alpha value is -3.55. The van der Waals surface area contributed by atoms with Crippen LogP contribution < -0.4 is 14.8 Å². The number of benzene rings is 2. The summed E-state index contributed by atoms with van der Waals surface area (Å²) in [6.07, 6.45) is 5.09. The molecule has 2 aromatic carbocycles. The molecular weight excluding hydrogens is 470 g/mol. The summed E-state index contributed by atoms with van der Waals surface area (Å²) in [5.41, 5.74) is 2.09. The van der Waals surface area contributed by atoms with Gasteiger partial charge in [0.2, 0.25) is 11.8 Å². The van der Waals surface area contributed by atoms with Crippen molar-refractivity contribution in [3.05, 3.63) is 59.7 Å². The van der Waals surface area contributed by atoms with Crippen LogP contribution in [0.25, 0.3) is 0 Å². The molecule has 2 fully saturated rings. The molecule has 2 aliphatic rings. The lowest BCUT2D eigenvalue weighted by atomic mass is 9.81. The van der Waals surface area contributed by atoms with E-state index in [4.69, 9.17) is 9.47 Å². The lowest BCUT2D eigenvalue weighted by molar-refractivity contribution is -0.141. The number of hydrogen-bond acceptors (Lipinski definition) is 5. The maximum absolute atomic E-state index is 13.4. The number of rotatable bonds is 11. The number of ether oxygens (including phenoxy) is 2. The van der Waals surface area contributed by atoms with E-state index in [0.29, 0.717) is 37.4 Å². The average Bonchev–Trinajstić information content (AvgIpc) is 2.93. The highest BCUT2D eigenvalue weighted by Gasteiger charge is 2.46. The third kappa shape index (κ3) is 6.42. The molecule has 2 atom stereocenters. The van der Waals surface area contributed by atoms with E-state index < -0.39 is 0 Å². The Labute approximate surface area is 218 Å². The van der Waals surface area contributed by atoms with Crippen molar-refractivity contribution in [2.45, 2.75) is 57.5 Å². The van der Waals surface area contributed by atoms with Crippen molar-refractivity contribution in [3.63, 3.8) is 0 Å². The predicted molar refractivity (Wildman–Crippen MR) is 140 cm³/mol. The summed E-state index contributed by atoms with van der Waals surface area (Å²) >= 11 is 0. The molecule has 0 bridgehead atoms. The molecule has 4 rings (SSSR count). The second-order valence-corrected chi connectivity index (χ2v) is 9.74. The SMILES string of the molecule is COc1ccc(CCNC(=O)CCCN2C(=O)C3CCCCC3N(Cc3ccccc3)C2=O)cc1OC. The number of methoxy groups -OCH3 is 2. The molecule has 8 nitrogen and oxygen atoms in total. The molecule has 0 aromatic heterocycles. The fourth-order valence-corrected chi connectivity index (χ4v) is 5.40. The number of carbonyl (C=O) groups excluding carboxylic acids is 3. The van der Waals surface area contributed by atoms with Crippen LogP contribution in [-0.4, -0.2) is 61.0 Å². The largest absolute Gasteiger partial charge is 0.493 e. The van der Waals surface area contributed by atoms with Crippen molar-refractivity contribution in [2.24, 2.45) is 5.92 Å². The van der Waals surface area contributed by atoms with Gasteiger partial charge >= 0.3 is 6.03 Å². The number of hydrogen-bond donors (Lipinski definition) is 1. The van der Waals surface area contributed by atoms with Gasteiger partial charge < -0.3 is 19.7 Å². The number of imide groups is 1. The Morgan fingerprint density at radius 1 is 0.973 bits per heavy atom. The monoisotopic (exact) mass is 507 g/mol. The van der Waals surface area contributed by atoms with E-state index in [1.54, 1.807) is 14.2 Å². The van der Waals surface area contributed by atoms with Gasteiger partial charge in [-0.15, -0.1) is 0 Å². The fraction of sp³-hybridized carbons (Fsp3) is 0.483. The molecule has 1 N–H and O–H groups in total. The van der Waals surface area contributed by atoms with Crippen LogP contribution in [0.4, 0.5) is 4.79 Å². The molecule has 0 spiro atoms. The number of amides is 4. The minimum Gasteiger partial charge on any atom is -0.493 e. The lowest BCUT2D eigenvalue weighted by Gasteiger charge is -2.47. The van der Waals surface area contributed by atoms with E-state index in [0.717, 1.165) is 36.8 Å². The van der Waals surface area contributed by atoms with Crippen LogP contribution in [0, 0.1) is 5.92 Å². The molecule has 1 saturated heterocycles. The smallest absolute Gasteiger partial charge is 0.327 e. The summed E-state index contributed by atoms with van der Waals surface area (Å²) in [7, 11) is 3.19. The molecule has 1 heterocycles. The summed E-state index contributed by atoms with van der Waals surface area (Å²) < 4.78 is 10.6. The number of carbonyl (C=O) groups is 3. The molecular formula is C29H37N3O5. The highest BCUT2D eigenvalue weighted by atomic mass is 16.5. The van der Waals surface area contributed by atoms with Crippen molar-refractivity contribution in [1.82, 2.24) is 15.1 Å². The first kappa shape index (κ1) is 26.5. The van der Waals surface area contributed by atoms with E-state index in [9.17, 15) is 14.4 Å². The van der Waals surface area contributed by atoms with E-state index in [1.165, 1.54) is 4.90 Å². The zero-order valence-electron chi connectivity index (χ0n) is 21.8. The lowest BCUT2D eigenvalue weighted by Crippen LogP contribution is -2.62. The first-order valence-electron chi connectivity index (χ1n) is 13.2. The number of nitrogens with one attached hydrogen (secondary N) is 1. The standard InChI is InChI=1S/C29H37N3O5/c1-36-25-15-14-21(19-26(25)37-2)16-17-30-27(33)13-8-18-31-28(34)23-11-6-7-12-24(23)32(29(31)35)20-22-9-4-3-5-10-22/h3-5,9-10,14-15,19,23-24H,6-8,11-13,16-18,20H2,1-2H3,(H,30,33). The molecule has 0 radical (unpaired) electrons. The minimum atomic E-state index is -0.231. The first-order chi connectivity index (χ1) is 18.0. The van der Waals surface area contributed by atoms with Crippen LogP contribution >= 0.6 is 0 Å². The molecule has 4 amide bonds. The van der Waals surface area contributed by atoms with Gasteiger partial charge in [-0.1, -0.05) is 49.2 Å². The Morgan fingerprint density at radius 2 is 1.73 bits per heavy atom. The third-order valence-electron chi connectivity index (χ3n) is 7.35. The zero-order chi connectivity index (χ0) is 26.2. The fourth-order valence-electron chi connectivity index (χ4n) is 5.40. The maximum Gasteiger partial charge on any atom is 0.327 e. The maximum atomic E-state index is 13.4. The van der Waals surface area contributed by atoms with Crippen LogP contribution in [0.5, 0.6) is 11.5 Å². The van der Waals surface area contributed by atoms with Crippen LogP contribution in [0.2, 0.25) is 0 Å². The molecule has 2 aromatic rings. The normalized spacial score (nSPS) is 19.4.